The Bertz CT molecular complexity index is 720. The zero-order valence-electron chi connectivity index (χ0n) is 12.0. The lowest BCUT2D eigenvalue weighted by Gasteiger charge is -2.14. The van der Waals surface area contributed by atoms with Gasteiger partial charge in [0.2, 0.25) is 0 Å². The van der Waals surface area contributed by atoms with Crippen molar-refractivity contribution in [1.82, 2.24) is 15.3 Å². The number of aliphatic hydroxyl groups excluding tert-OH is 1. The van der Waals surface area contributed by atoms with E-state index in [-0.39, 0.29) is 18.4 Å². The maximum absolute atomic E-state index is 12.1. The second-order valence-electron chi connectivity index (χ2n) is 5.17. The number of fused-ring (bicyclic) bond motifs is 1. The van der Waals surface area contributed by atoms with Crippen LogP contribution in [0.5, 0.6) is 0 Å². The molecular formula is C16H17N3O3. The monoisotopic (exact) mass is 299 g/mol. The number of hydrogen-bond donors (Lipinski definition) is 3. The van der Waals surface area contributed by atoms with Crippen molar-refractivity contribution in [3.8, 4) is 0 Å². The van der Waals surface area contributed by atoms with Gasteiger partial charge in [0.05, 0.1) is 11.8 Å². The number of aromatic nitrogens is 2. The van der Waals surface area contributed by atoms with Gasteiger partial charge in [0.25, 0.3) is 5.91 Å². The summed E-state index contributed by atoms with van der Waals surface area (Å²) in [5, 5.41) is 12.3. The van der Waals surface area contributed by atoms with E-state index in [4.69, 9.17) is 4.42 Å². The van der Waals surface area contributed by atoms with Crippen LogP contribution >= 0.6 is 0 Å². The molecule has 0 aliphatic carbocycles. The average molecular weight is 299 g/mol. The number of nitrogens with zero attached hydrogens (tertiary/aromatic N) is 1. The molecule has 3 aromatic heterocycles. The second-order valence-corrected chi connectivity index (χ2v) is 5.17. The van der Waals surface area contributed by atoms with E-state index in [1.165, 1.54) is 0 Å². The minimum absolute atomic E-state index is 0.00999. The molecule has 3 heterocycles. The highest BCUT2D eigenvalue weighted by Gasteiger charge is 2.14. The number of carbonyl (C=O) groups is 1. The van der Waals surface area contributed by atoms with Gasteiger partial charge in [0, 0.05) is 43.1 Å². The van der Waals surface area contributed by atoms with Gasteiger partial charge in [-0.1, -0.05) is 6.07 Å². The van der Waals surface area contributed by atoms with E-state index in [0.717, 1.165) is 11.2 Å². The first-order valence-corrected chi connectivity index (χ1v) is 7.11. The molecule has 0 bridgehead atoms. The number of aromatic amines is 1. The summed E-state index contributed by atoms with van der Waals surface area (Å²) in [6.45, 7) is 0.371. The van der Waals surface area contributed by atoms with Crippen molar-refractivity contribution in [1.29, 1.82) is 0 Å². The van der Waals surface area contributed by atoms with Crippen LogP contribution in [0.25, 0.3) is 11.1 Å². The first kappa shape index (κ1) is 14.3. The molecule has 114 valence electrons. The summed E-state index contributed by atoms with van der Waals surface area (Å²) in [6, 6.07) is 9.09. The molecule has 22 heavy (non-hydrogen) atoms. The molecule has 0 saturated heterocycles. The van der Waals surface area contributed by atoms with Gasteiger partial charge < -0.3 is 19.8 Å². The third-order valence-electron chi connectivity index (χ3n) is 3.52. The Morgan fingerprint density at radius 1 is 1.41 bits per heavy atom. The van der Waals surface area contributed by atoms with E-state index in [1.54, 1.807) is 24.6 Å². The summed E-state index contributed by atoms with van der Waals surface area (Å²) in [5.41, 5.74) is 2.78. The lowest BCUT2D eigenvalue weighted by molar-refractivity contribution is 0.0935. The van der Waals surface area contributed by atoms with Crippen molar-refractivity contribution in [3.05, 3.63) is 54.2 Å². The summed E-state index contributed by atoms with van der Waals surface area (Å²) in [5.74, 6) is -0.289. The number of hydrogen-bond acceptors (Lipinski definition) is 4. The Morgan fingerprint density at radius 2 is 2.32 bits per heavy atom. The standard InChI is InChI=1S/C16H17N3O3/c20-10-11(7-12-3-1-2-5-17-12)9-18-16(21)14-8-15-13(19-14)4-6-22-15/h1-6,8,11,19-20H,7,9-10H2,(H,18,21). The molecule has 0 radical (unpaired) electrons. The van der Waals surface area contributed by atoms with Crippen LogP contribution in [0.4, 0.5) is 0 Å². The van der Waals surface area contributed by atoms with Crippen LogP contribution in [0, 0.1) is 5.92 Å². The maximum Gasteiger partial charge on any atom is 0.267 e. The molecule has 3 N–H and O–H groups in total. The van der Waals surface area contributed by atoms with Crippen LogP contribution in [-0.2, 0) is 6.42 Å². The van der Waals surface area contributed by atoms with Gasteiger partial charge >= 0.3 is 0 Å². The van der Waals surface area contributed by atoms with E-state index in [1.807, 2.05) is 18.2 Å². The Morgan fingerprint density at radius 3 is 3.05 bits per heavy atom. The molecule has 3 rings (SSSR count). The molecule has 0 saturated carbocycles. The van der Waals surface area contributed by atoms with Crippen molar-refractivity contribution in [2.45, 2.75) is 6.42 Å². The fourth-order valence-electron chi connectivity index (χ4n) is 2.32. The maximum atomic E-state index is 12.1. The van der Waals surface area contributed by atoms with E-state index in [9.17, 15) is 9.90 Å². The van der Waals surface area contributed by atoms with Gasteiger partial charge in [0.1, 0.15) is 5.69 Å². The first-order chi connectivity index (χ1) is 10.8. The smallest absolute Gasteiger partial charge is 0.267 e. The van der Waals surface area contributed by atoms with Crippen molar-refractivity contribution < 1.29 is 14.3 Å². The average Bonchev–Trinajstić information content (AvgIpc) is 3.13. The molecule has 0 aliphatic rings. The van der Waals surface area contributed by atoms with Crippen LogP contribution in [-0.4, -0.2) is 34.1 Å². The van der Waals surface area contributed by atoms with Crippen LogP contribution in [0.1, 0.15) is 16.2 Å². The van der Waals surface area contributed by atoms with E-state index in [0.29, 0.717) is 24.2 Å². The normalized spacial score (nSPS) is 12.4. The van der Waals surface area contributed by atoms with Gasteiger partial charge in [-0.15, -0.1) is 0 Å². The number of amides is 1. The molecule has 1 unspecified atom stereocenters. The Balaban J connectivity index is 1.58. The fourth-order valence-corrected chi connectivity index (χ4v) is 2.32. The summed E-state index contributed by atoms with van der Waals surface area (Å²) in [4.78, 5) is 19.3. The minimum atomic E-state index is -0.217. The highest BCUT2D eigenvalue weighted by molar-refractivity contribution is 5.96. The first-order valence-electron chi connectivity index (χ1n) is 7.11. The van der Waals surface area contributed by atoms with Crippen LogP contribution in [0.3, 0.4) is 0 Å². The van der Waals surface area contributed by atoms with Crippen molar-refractivity contribution >= 4 is 17.0 Å². The number of furan rings is 1. The number of nitrogens with one attached hydrogen (secondary N) is 2. The number of carbonyl (C=O) groups excluding carboxylic acids is 1. The zero-order valence-corrected chi connectivity index (χ0v) is 12.0. The third-order valence-corrected chi connectivity index (χ3v) is 3.52. The highest BCUT2D eigenvalue weighted by atomic mass is 16.3. The zero-order chi connectivity index (χ0) is 15.4. The predicted molar refractivity (Wildman–Crippen MR) is 81.4 cm³/mol. The molecule has 1 atom stereocenters. The topological polar surface area (TPSA) is 91.2 Å². The molecule has 0 aromatic carbocycles. The lowest BCUT2D eigenvalue weighted by Crippen LogP contribution is -2.32. The lowest BCUT2D eigenvalue weighted by atomic mass is 10.0. The van der Waals surface area contributed by atoms with Gasteiger partial charge in [-0.05, 0) is 18.6 Å². The number of pyridine rings is 1. The molecule has 6 heteroatoms. The molecule has 0 aliphatic heterocycles. The number of H-pyrrole nitrogens is 1. The quantitative estimate of drug-likeness (QED) is 0.646. The Labute approximate surface area is 127 Å². The Kier molecular flexibility index (Phi) is 4.20. The fraction of sp³-hybridized carbons (Fsp3) is 0.250. The van der Waals surface area contributed by atoms with Crippen molar-refractivity contribution in [3.63, 3.8) is 0 Å². The van der Waals surface area contributed by atoms with Gasteiger partial charge in [0.15, 0.2) is 5.58 Å². The van der Waals surface area contributed by atoms with Crippen LogP contribution in [0.15, 0.2) is 47.2 Å². The van der Waals surface area contributed by atoms with Crippen molar-refractivity contribution in [2.75, 3.05) is 13.2 Å². The summed E-state index contributed by atoms with van der Waals surface area (Å²) in [7, 11) is 0. The van der Waals surface area contributed by atoms with E-state index in [2.05, 4.69) is 15.3 Å². The largest absolute Gasteiger partial charge is 0.463 e. The van der Waals surface area contributed by atoms with Crippen LogP contribution < -0.4 is 5.32 Å². The minimum Gasteiger partial charge on any atom is -0.463 e. The third kappa shape index (κ3) is 3.17. The van der Waals surface area contributed by atoms with E-state index >= 15 is 0 Å². The molecule has 1 amide bonds. The van der Waals surface area contributed by atoms with Gasteiger partial charge in [-0.2, -0.15) is 0 Å². The van der Waals surface area contributed by atoms with Crippen LogP contribution in [0.2, 0.25) is 0 Å². The Hall–Kier alpha value is -2.60. The SMILES string of the molecule is O=C(NCC(CO)Cc1ccccn1)c1cc2occc2[nH]1. The highest BCUT2D eigenvalue weighted by Crippen LogP contribution is 2.16. The molecule has 6 nitrogen and oxygen atoms in total. The molecular weight excluding hydrogens is 282 g/mol. The van der Waals surface area contributed by atoms with Crippen molar-refractivity contribution in [2.24, 2.45) is 5.92 Å². The summed E-state index contributed by atoms with van der Waals surface area (Å²) in [6.07, 6.45) is 3.90. The van der Waals surface area contributed by atoms with Gasteiger partial charge in [-0.3, -0.25) is 9.78 Å². The predicted octanol–water partition coefficient (Wildman–Crippen LogP) is 1.74. The van der Waals surface area contributed by atoms with E-state index < -0.39 is 0 Å². The second kappa shape index (κ2) is 6.44. The summed E-state index contributed by atoms with van der Waals surface area (Å²) >= 11 is 0. The summed E-state index contributed by atoms with van der Waals surface area (Å²) < 4.78 is 5.21. The molecule has 0 fully saturated rings. The molecule has 0 spiro atoms. The van der Waals surface area contributed by atoms with Gasteiger partial charge in [-0.25, -0.2) is 0 Å². The molecule has 3 aromatic rings. The number of aliphatic hydroxyl groups is 1. The number of rotatable bonds is 6.